The Bertz CT molecular complexity index is 126. The van der Waals surface area contributed by atoms with E-state index in [-0.39, 0.29) is 0 Å². The fourth-order valence-electron chi connectivity index (χ4n) is 1.23. The molecule has 0 spiro atoms. The van der Waals surface area contributed by atoms with E-state index in [1.54, 1.807) is 0 Å². The maximum absolute atomic E-state index is 2.53. The summed E-state index contributed by atoms with van der Waals surface area (Å²) in [5.41, 5.74) is 0. The van der Waals surface area contributed by atoms with E-state index in [1.807, 2.05) is 0 Å². The van der Waals surface area contributed by atoms with E-state index in [4.69, 9.17) is 0 Å². The van der Waals surface area contributed by atoms with Crippen LogP contribution >= 0.6 is 0 Å². The monoisotopic (exact) mass is 298 g/mol. The molecule has 0 saturated carbocycles. The minimum atomic E-state index is -0.882. The third-order valence-electron chi connectivity index (χ3n) is 1.56. The van der Waals surface area contributed by atoms with Crippen LogP contribution in [0.4, 0.5) is 0 Å². The van der Waals surface area contributed by atoms with Crippen LogP contribution in [-0.2, 0) is 0 Å². The molecular weight excluding hydrogens is 272 g/mol. The number of rotatable bonds is 6. The molecule has 0 aromatic carbocycles. The van der Waals surface area contributed by atoms with Crippen LogP contribution in [0, 0.1) is 16.3 Å². The van der Waals surface area contributed by atoms with Crippen LogP contribution in [0.15, 0.2) is 12.2 Å². The summed E-state index contributed by atoms with van der Waals surface area (Å²) in [6, 6.07) is 0. The fraction of sp³-hybridized carbons (Fsp3) is 0.750. The Morgan fingerprint density at radius 3 is 1.85 bits per heavy atom. The van der Waals surface area contributed by atoms with E-state index >= 15 is 0 Å². The Kier molecular flexibility index (Phi) is 8.01. The molecule has 0 amide bonds. The molecule has 78 valence electrons. The van der Waals surface area contributed by atoms with E-state index in [1.165, 1.54) is 8.94 Å². The first-order chi connectivity index (χ1) is 6.06. The van der Waals surface area contributed by atoms with Crippen molar-refractivity contribution in [3.05, 3.63) is 16.6 Å². The van der Waals surface area contributed by atoms with Gasteiger partial charge < -0.3 is 0 Å². The van der Waals surface area contributed by atoms with Gasteiger partial charge in [0, 0.05) is 0 Å². The van der Waals surface area contributed by atoms with Gasteiger partial charge in [-0.15, -0.1) is 0 Å². The third kappa shape index (κ3) is 8.72. The molecule has 0 aliphatic heterocycles. The number of allylic oxidation sites excluding steroid dienone is 2. The van der Waals surface area contributed by atoms with Gasteiger partial charge in [-0.2, -0.15) is 0 Å². The van der Waals surface area contributed by atoms with Gasteiger partial charge >= 0.3 is 91.6 Å². The predicted molar refractivity (Wildman–Crippen MR) is 64.2 cm³/mol. The Morgan fingerprint density at radius 1 is 1.08 bits per heavy atom. The number of hydrogen-bond donors (Lipinski definition) is 0. The molecule has 0 bridgehead atoms. The fourth-order valence-corrected chi connectivity index (χ4v) is 8.22. The SMILES string of the molecule is C/C=C/[CH-][Te+](CC(C)C)CC(C)C. The normalized spacial score (nSPS) is 12.3. The molecule has 0 fully saturated rings. The molecule has 0 radical (unpaired) electrons. The zero-order valence-electron chi connectivity index (χ0n) is 9.71. The van der Waals surface area contributed by atoms with Crippen molar-refractivity contribution in [3.63, 3.8) is 0 Å². The second kappa shape index (κ2) is 7.77. The summed E-state index contributed by atoms with van der Waals surface area (Å²) in [7, 11) is 0. The van der Waals surface area contributed by atoms with Crippen molar-refractivity contribution in [2.24, 2.45) is 11.8 Å². The molecule has 0 rings (SSSR count). The van der Waals surface area contributed by atoms with Crippen molar-refractivity contribution in [2.75, 3.05) is 0 Å². The van der Waals surface area contributed by atoms with E-state index in [0.29, 0.717) is 0 Å². The van der Waals surface area contributed by atoms with Crippen LogP contribution in [0.3, 0.4) is 0 Å². The second-order valence-corrected chi connectivity index (χ2v) is 10.1. The standard InChI is InChI=1S/C12H24Te/c1-6-7-8-13(9-11(2)3)10-12(4)5/h6-8,11-12H,9-10H2,1-5H3/b7-6+. The van der Waals surface area contributed by atoms with Crippen molar-refractivity contribution in [1.82, 2.24) is 0 Å². The van der Waals surface area contributed by atoms with E-state index < -0.39 is 19.6 Å². The summed E-state index contributed by atoms with van der Waals surface area (Å²) in [5.74, 6) is 1.77. The summed E-state index contributed by atoms with van der Waals surface area (Å²) in [6.45, 7) is 11.5. The topological polar surface area (TPSA) is 0 Å². The van der Waals surface area contributed by atoms with Crippen molar-refractivity contribution >= 4 is 19.6 Å². The summed E-state index contributed by atoms with van der Waals surface area (Å²) < 4.78 is 5.52. The van der Waals surface area contributed by atoms with Crippen LogP contribution in [0.1, 0.15) is 34.6 Å². The zero-order valence-corrected chi connectivity index (χ0v) is 12.0. The van der Waals surface area contributed by atoms with Gasteiger partial charge in [0.25, 0.3) is 0 Å². The molecule has 0 aliphatic rings. The summed E-state index contributed by atoms with van der Waals surface area (Å²) in [5, 5.41) is 0. The van der Waals surface area contributed by atoms with Gasteiger partial charge in [-0.1, -0.05) is 0 Å². The molecule has 0 nitrogen and oxygen atoms in total. The van der Waals surface area contributed by atoms with Crippen LogP contribution in [-0.4, -0.2) is 19.6 Å². The van der Waals surface area contributed by atoms with Crippen molar-refractivity contribution in [1.29, 1.82) is 0 Å². The van der Waals surface area contributed by atoms with Gasteiger partial charge in [-0.05, 0) is 0 Å². The molecule has 0 unspecified atom stereocenters. The molecule has 13 heavy (non-hydrogen) atoms. The molecule has 0 heterocycles. The summed E-state index contributed by atoms with van der Waals surface area (Å²) >= 11 is -0.882. The Morgan fingerprint density at radius 2 is 1.54 bits per heavy atom. The number of hydrogen-bond acceptors (Lipinski definition) is 0. The summed E-state index contributed by atoms with van der Waals surface area (Å²) in [6.07, 6.45) is 4.43. The zero-order chi connectivity index (χ0) is 10.3. The minimum absolute atomic E-state index is 0.882. The molecule has 0 atom stereocenters. The molecular formula is C12H24Te. The molecule has 1 heteroatoms. The van der Waals surface area contributed by atoms with E-state index in [0.717, 1.165) is 11.8 Å². The first-order valence-electron chi connectivity index (χ1n) is 5.18. The van der Waals surface area contributed by atoms with Crippen LogP contribution in [0.5, 0.6) is 0 Å². The van der Waals surface area contributed by atoms with Crippen LogP contribution in [0.2, 0.25) is 8.94 Å². The van der Waals surface area contributed by atoms with Gasteiger partial charge in [-0.3, -0.25) is 0 Å². The molecule has 0 aliphatic carbocycles. The average Bonchev–Trinajstić information content (AvgIpc) is 1.98. The predicted octanol–water partition coefficient (Wildman–Crippen LogP) is 4.11. The van der Waals surface area contributed by atoms with Crippen molar-refractivity contribution in [3.8, 4) is 0 Å². The van der Waals surface area contributed by atoms with Crippen LogP contribution < -0.4 is 0 Å². The van der Waals surface area contributed by atoms with Gasteiger partial charge in [0.15, 0.2) is 0 Å². The van der Waals surface area contributed by atoms with Crippen LogP contribution in [0.25, 0.3) is 0 Å². The Labute approximate surface area is 91.4 Å². The molecule has 0 saturated heterocycles. The Balaban J connectivity index is 3.87. The van der Waals surface area contributed by atoms with Gasteiger partial charge in [0.05, 0.1) is 0 Å². The molecule has 0 aromatic heterocycles. The van der Waals surface area contributed by atoms with E-state index in [9.17, 15) is 0 Å². The third-order valence-corrected chi connectivity index (χ3v) is 9.35. The van der Waals surface area contributed by atoms with Crippen molar-refractivity contribution < 1.29 is 0 Å². The molecule has 0 N–H and O–H groups in total. The van der Waals surface area contributed by atoms with Gasteiger partial charge in [0.1, 0.15) is 0 Å². The maximum atomic E-state index is 2.53. The average molecular weight is 296 g/mol. The van der Waals surface area contributed by atoms with Gasteiger partial charge in [0.2, 0.25) is 0 Å². The molecule has 0 aromatic rings. The summed E-state index contributed by atoms with van der Waals surface area (Å²) in [4.78, 5) is 0. The second-order valence-electron chi connectivity index (χ2n) is 4.32. The first kappa shape index (κ1) is 13.4. The quantitative estimate of drug-likeness (QED) is 0.511. The van der Waals surface area contributed by atoms with Gasteiger partial charge in [-0.25, -0.2) is 0 Å². The van der Waals surface area contributed by atoms with Crippen molar-refractivity contribution in [2.45, 2.75) is 43.6 Å². The Hall–Kier alpha value is 0.400. The first-order valence-corrected chi connectivity index (χ1v) is 9.82. The van der Waals surface area contributed by atoms with E-state index in [2.05, 4.69) is 51.2 Å².